The molecule has 0 fully saturated rings. The summed E-state index contributed by atoms with van der Waals surface area (Å²) in [6.07, 6.45) is 0. The molecule has 0 heterocycles. The zero-order valence-electron chi connectivity index (χ0n) is 7.78. The Morgan fingerprint density at radius 2 is 2.00 bits per heavy atom. The summed E-state index contributed by atoms with van der Waals surface area (Å²) in [7, 11) is 0. The van der Waals surface area contributed by atoms with Crippen molar-refractivity contribution in [2.45, 2.75) is 6.92 Å². The summed E-state index contributed by atoms with van der Waals surface area (Å²) in [6, 6.07) is 6.34. The van der Waals surface area contributed by atoms with Gasteiger partial charge >= 0.3 is 5.97 Å². The average molecular weight is 187 g/mol. The van der Waals surface area contributed by atoms with Crippen LogP contribution < -0.4 is 4.74 Å². The van der Waals surface area contributed by atoms with Crippen molar-refractivity contribution in [3.05, 3.63) is 47.8 Å². The molecule has 0 aliphatic rings. The monoisotopic (exact) mass is 187 g/mol. The Kier molecular flexibility index (Phi) is 3.03. The summed E-state index contributed by atoms with van der Waals surface area (Å²) < 4.78 is 4.93. The second kappa shape index (κ2) is 4.24. The molecule has 0 radical (unpaired) electrons. The van der Waals surface area contributed by atoms with E-state index in [-0.39, 0.29) is 0 Å². The number of ether oxygens (including phenoxy) is 1. The third kappa shape index (κ3) is 2.46. The molecule has 1 rings (SSSR count). The van der Waals surface area contributed by atoms with Crippen LogP contribution in [0.5, 0.6) is 5.75 Å². The van der Waals surface area contributed by atoms with Crippen LogP contribution in [0.2, 0.25) is 0 Å². The number of nitrogens with zero attached hydrogens (tertiary/aromatic N) is 1. The summed E-state index contributed by atoms with van der Waals surface area (Å²) in [4.78, 5) is 14.3. The minimum absolute atomic E-state index is 0.347. The van der Waals surface area contributed by atoms with Crippen LogP contribution in [0.25, 0.3) is 4.85 Å². The molecule has 0 aliphatic heterocycles. The molecule has 0 atom stereocenters. The number of hydrogen-bond acceptors (Lipinski definition) is 2. The highest BCUT2D eigenvalue weighted by atomic mass is 16.5. The number of esters is 1. The molecular formula is C11H9NO2. The number of hydrogen-bond donors (Lipinski definition) is 0. The summed E-state index contributed by atoms with van der Waals surface area (Å²) >= 11 is 0. The van der Waals surface area contributed by atoms with E-state index in [0.29, 0.717) is 17.0 Å². The predicted octanol–water partition coefficient (Wildman–Crippen LogP) is 2.72. The van der Waals surface area contributed by atoms with Crippen molar-refractivity contribution in [3.63, 3.8) is 0 Å². The quantitative estimate of drug-likeness (QED) is 0.308. The van der Waals surface area contributed by atoms with E-state index >= 15 is 0 Å². The first-order valence-corrected chi connectivity index (χ1v) is 3.98. The lowest BCUT2D eigenvalue weighted by Gasteiger charge is -2.02. The largest absolute Gasteiger partial charge is 0.423 e. The topological polar surface area (TPSA) is 30.7 Å². The van der Waals surface area contributed by atoms with Gasteiger partial charge in [-0.1, -0.05) is 18.7 Å². The van der Waals surface area contributed by atoms with E-state index in [0.717, 1.165) is 0 Å². The Labute approximate surface area is 82.4 Å². The summed E-state index contributed by atoms with van der Waals surface area (Å²) in [6.45, 7) is 11.8. The van der Waals surface area contributed by atoms with Crippen molar-refractivity contribution in [3.8, 4) is 5.75 Å². The Hall–Kier alpha value is -2.08. The fourth-order valence-corrected chi connectivity index (χ4v) is 0.783. The standard InChI is InChI=1S/C11H9NO2/c1-8(2)11(13)14-10-6-4-9(12-3)5-7-10/h4-7H,1H2,2H3. The molecule has 0 unspecified atom stereocenters. The molecule has 0 spiro atoms. The first kappa shape index (κ1) is 10.0. The van der Waals surface area contributed by atoms with Crippen molar-refractivity contribution in [1.29, 1.82) is 0 Å². The fraction of sp³-hybridized carbons (Fsp3) is 0.0909. The van der Waals surface area contributed by atoms with E-state index in [9.17, 15) is 4.79 Å². The lowest BCUT2D eigenvalue weighted by Crippen LogP contribution is -2.07. The summed E-state index contributed by atoms with van der Waals surface area (Å²) in [5.41, 5.74) is 0.861. The van der Waals surface area contributed by atoms with Gasteiger partial charge < -0.3 is 4.74 Å². The van der Waals surface area contributed by atoms with Gasteiger partial charge in [0, 0.05) is 5.57 Å². The lowest BCUT2D eigenvalue weighted by atomic mass is 10.3. The zero-order chi connectivity index (χ0) is 10.6. The highest BCUT2D eigenvalue weighted by Gasteiger charge is 2.04. The maximum Gasteiger partial charge on any atom is 0.338 e. The molecule has 3 heteroatoms. The Balaban J connectivity index is 2.75. The van der Waals surface area contributed by atoms with Crippen LogP contribution >= 0.6 is 0 Å². The Bertz CT molecular complexity index is 398. The molecule has 0 bridgehead atoms. The van der Waals surface area contributed by atoms with Gasteiger partial charge in [-0.3, -0.25) is 0 Å². The molecule has 3 nitrogen and oxygen atoms in total. The number of benzene rings is 1. The molecule has 0 aromatic heterocycles. The van der Waals surface area contributed by atoms with Crippen LogP contribution in [-0.2, 0) is 4.79 Å². The molecule has 0 saturated heterocycles. The van der Waals surface area contributed by atoms with E-state index in [2.05, 4.69) is 11.4 Å². The van der Waals surface area contributed by atoms with Gasteiger partial charge in [0.15, 0.2) is 5.69 Å². The molecular weight excluding hydrogens is 178 g/mol. The first-order chi connectivity index (χ1) is 6.63. The van der Waals surface area contributed by atoms with Crippen LogP contribution in [-0.4, -0.2) is 5.97 Å². The SMILES string of the molecule is [C-]#[N+]c1ccc(OC(=O)C(=C)C)cc1. The minimum atomic E-state index is -0.458. The Morgan fingerprint density at radius 3 is 2.43 bits per heavy atom. The summed E-state index contributed by atoms with van der Waals surface area (Å²) in [5.74, 6) is -0.0361. The van der Waals surface area contributed by atoms with E-state index in [4.69, 9.17) is 11.3 Å². The highest BCUT2D eigenvalue weighted by molar-refractivity contribution is 5.88. The van der Waals surface area contributed by atoms with Crippen LogP contribution in [0.4, 0.5) is 5.69 Å². The lowest BCUT2D eigenvalue weighted by molar-refractivity contribution is -0.130. The second-order valence-corrected chi connectivity index (χ2v) is 2.78. The molecule has 0 saturated carbocycles. The van der Waals surface area contributed by atoms with E-state index in [1.54, 1.807) is 31.2 Å². The van der Waals surface area contributed by atoms with E-state index < -0.39 is 5.97 Å². The molecule has 1 aromatic carbocycles. The third-order valence-electron chi connectivity index (χ3n) is 1.52. The van der Waals surface area contributed by atoms with Gasteiger partial charge in [-0.2, -0.15) is 0 Å². The van der Waals surface area contributed by atoms with Gasteiger partial charge in [-0.25, -0.2) is 9.64 Å². The maximum atomic E-state index is 11.1. The molecule has 14 heavy (non-hydrogen) atoms. The highest BCUT2D eigenvalue weighted by Crippen LogP contribution is 2.18. The van der Waals surface area contributed by atoms with Gasteiger partial charge in [-0.05, 0) is 19.1 Å². The van der Waals surface area contributed by atoms with Gasteiger partial charge in [0.2, 0.25) is 0 Å². The van der Waals surface area contributed by atoms with Gasteiger partial charge in [0.1, 0.15) is 5.75 Å². The van der Waals surface area contributed by atoms with Gasteiger partial charge in [0.25, 0.3) is 0 Å². The maximum absolute atomic E-state index is 11.1. The van der Waals surface area contributed by atoms with Crippen LogP contribution in [0.3, 0.4) is 0 Å². The Morgan fingerprint density at radius 1 is 1.43 bits per heavy atom. The fourth-order valence-electron chi connectivity index (χ4n) is 0.783. The number of carbonyl (C=O) groups excluding carboxylic acids is 1. The van der Waals surface area contributed by atoms with Crippen molar-refractivity contribution >= 4 is 11.7 Å². The van der Waals surface area contributed by atoms with Crippen molar-refractivity contribution in [2.24, 2.45) is 0 Å². The summed E-state index contributed by atoms with van der Waals surface area (Å²) in [5, 5.41) is 0. The second-order valence-electron chi connectivity index (χ2n) is 2.78. The number of carbonyl (C=O) groups is 1. The van der Waals surface area contributed by atoms with E-state index in [1.807, 2.05) is 0 Å². The first-order valence-electron chi connectivity index (χ1n) is 3.98. The van der Waals surface area contributed by atoms with Crippen molar-refractivity contribution < 1.29 is 9.53 Å². The van der Waals surface area contributed by atoms with Crippen LogP contribution in [0, 0.1) is 6.57 Å². The van der Waals surface area contributed by atoms with E-state index in [1.165, 1.54) is 0 Å². The normalized spacial score (nSPS) is 8.86. The average Bonchev–Trinajstić information content (AvgIpc) is 2.19. The molecule has 0 aliphatic carbocycles. The van der Waals surface area contributed by atoms with Gasteiger partial charge in [0.05, 0.1) is 6.57 Å². The predicted molar refractivity (Wildman–Crippen MR) is 53.2 cm³/mol. The van der Waals surface area contributed by atoms with Crippen LogP contribution in [0.15, 0.2) is 36.4 Å². The number of rotatable bonds is 2. The minimum Gasteiger partial charge on any atom is -0.423 e. The van der Waals surface area contributed by atoms with Crippen LogP contribution in [0.1, 0.15) is 6.92 Å². The van der Waals surface area contributed by atoms with Crippen molar-refractivity contribution in [2.75, 3.05) is 0 Å². The molecule has 70 valence electrons. The molecule has 1 aromatic rings. The van der Waals surface area contributed by atoms with Gasteiger partial charge in [-0.15, -0.1) is 0 Å². The van der Waals surface area contributed by atoms with Crippen molar-refractivity contribution in [1.82, 2.24) is 0 Å². The third-order valence-corrected chi connectivity index (χ3v) is 1.52. The molecule has 0 N–H and O–H groups in total. The zero-order valence-corrected chi connectivity index (χ0v) is 7.78. The smallest absolute Gasteiger partial charge is 0.338 e. The molecule has 0 amide bonds.